The highest BCUT2D eigenvalue weighted by molar-refractivity contribution is 6.01. The lowest BCUT2D eigenvalue weighted by Crippen LogP contribution is -2.71. The molecule has 0 spiro atoms. The lowest BCUT2D eigenvalue weighted by atomic mass is 9.44. The Bertz CT molecular complexity index is 2350. The normalized spacial score (nSPS) is 31.7. The van der Waals surface area contributed by atoms with Crippen molar-refractivity contribution in [3.63, 3.8) is 0 Å². The number of rotatable bonds is 18. The van der Waals surface area contributed by atoms with Crippen molar-refractivity contribution in [3.05, 3.63) is 77.9 Å². The van der Waals surface area contributed by atoms with E-state index in [0.717, 1.165) is 6.08 Å². The maximum Gasteiger partial charge on any atom is 0.411 e. The number of primary amides is 1. The number of urea groups is 1. The van der Waals surface area contributed by atoms with Gasteiger partial charge >= 0.3 is 12.1 Å². The minimum absolute atomic E-state index is 0.0180. The van der Waals surface area contributed by atoms with E-state index in [2.05, 4.69) is 21.3 Å². The zero-order chi connectivity index (χ0) is 50.1. The molecule has 4 fully saturated rings. The van der Waals surface area contributed by atoms with Gasteiger partial charge in [-0.1, -0.05) is 52.3 Å². The first-order valence-corrected chi connectivity index (χ1v) is 23.6. The summed E-state index contributed by atoms with van der Waals surface area (Å²) >= 11 is 0. The SMILES string of the molecule is CCCC1O[C@@H]2C[C@H]3[C@@H]4C[C@H](F)C5=CC(=O)C=C[C@]5(C)[C@@]4(F)[C@@H](O)C[C@]3(C)[C@]2(C(=O)COc2ccc(NC(=O)OCc3ccc(NC(=O)[C@H](CCCNC(N)=O)NC(=O)[C@@H](N)C(C)C)cc3)cc2)O1. The van der Waals surface area contributed by atoms with Crippen LogP contribution in [0.2, 0.25) is 0 Å². The molecule has 7 rings (SSSR count). The Labute approximate surface area is 399 Å². The second-order valence-electron chi connectivity index (χ2n) is 19.7. The van der Waals surface area contributed by atoms with Crippen molar-refractivity contribution >= 4 is 46.9 Å². The quantitative estimate of drug-likeness (QED) is 0.0921. The maximum atomic E-state index is 17.8. The minimum Gasteiger partial charge on any atom is -0.486 e. The van der Waals surface area contributed by atoms with Crippen molar-refractivity contribution < 1.29 is 61.6 Å². The molecule has 1 saturated heterocycles. The molecule has 0 bridgehead atoms. The highest BCUT2D eigenvalue weighted by Crippen LogP contribution is 2.72. The van der Waals surface area contributed by atoms with Gasteiger partial charge in [0.15, 0.2) is 23.3 Å². The van der Waals surface area contributed by atoms with Crippen molar-refractivity contribution in [1.29, 1.82) is 0 Å². The number of alkyl halides is 2. The lowest BCUT2D eigenvalue weighted by molar-refractivity contribution is -0.234. The molecule has 3 saturated carbocycles. The molecule has 12 atom stereocenters. The summed E-state index contributed by atoms with van der Waals surface area (Å²) in [4.78, 5) is 76.6. The summed E-state index contributed by atoms with van der Waals surface area (Å²) in [6, 6.07) is 10.3. The number of aliphatic hydroxyl groups is 1. The van der Waals surface area contributed by atoms with E-state index in [-0.39, 0.29) is 50.3 Å². The fourth-order valence-electron chi connectivity index (χ4n) is 11.4. The Morgan fingerprint density at radius 3 is 2.32 bits per heavy atom. The van der Waals surface area contributed by atoms with Crippen LogP contribution in [0.25, 0.3) is 0 Å². The molecule has 374 valence electrons. The van der Waals surface area contributed by atoms with Crippen LogP contribution in [-0.4, -0.2) is 102 Å². The average Bonchev–Trinajstić information content (AvgIpc) is 3.79. The van der Waals surface area contributed by atoms with Gasteiger partial charge in [-0.3, -0.25) is 24.5 Å². The predicted octanol–water partition coefficient (Wildman–Crippen LogP) is 5.45. The summed E-state index contributed by atoms with van der Waals surface area (Å²) in [5, 5.41) is 22.4. The van der Waals surface area contributed by atoms with Gasteiger partial charge in [0, 0.05) is 34.7 Å². The van der Waals surface area contributed by atoms with Crippen LogP contribution in [0, 0.1) is 28.6 Å². The predicted molar refractivity (Wildman–Crippen MR) is 249 cm³/mol. The number of anilines is 2. The van der Waals surface area contributed by atoms with Gasteiger partial charge in [0.05, 0.1) is 18.2 Å². The Kier molecular flexibility index (Phi) is 15.0. The summed E-state index contributed by atoms with van der Waals surface area (Å²) in [6.45, 7) is 8.51. The zero-order valence-corrected chi connectivity index (χ0v) is 39.6. The topological polar surface area (TPSA) is 260 Å². The van der Waals surface area contributed by atoms with Crippen molar-refractivity contribution in [2.75, 3.05) is 23.8 Å². The number of carbonyl (C=O) groups excluding carboxylic acids is 6. The van der Waals surface area contributed by atoms with Crippen molar-refractivity contribution in [3.8, 4) is 5.75 Å². The zero-order valence-electron chi connectivity index (χ0n) is 39.6. The molecule has 4 aliphatic carbocycles. The number of hydrogen-bond donors (Lipinski definition) is 7. The fraction of sp³-hybridized carbons (Fsp3) is 0.560. The van der Waals surface area contributed by atoms with Gasteiger partial charge in [0.25, 0.3) is 0 Å². The molecule has 1 heterocycles. The maximum absolute atomic E-state index is 17.8. The number of halogens is 2. The van der Waals surface area contributed by atoms with E-state index in [1.54, 1.807) is 69.3 Å². The third kappa shape index (κ3) is 9.75. The smallest absolute Gasteiger partial charge is 0.411 e. The van der Waals surface area contributed by atoms with Crippen molar-refractivity contribution in [1.82, 2.24) is 10.6 Å². The molecule has 1 aliphatic heterocycles. The Morgan fingerprint density at radius 1 is 0.971 bits per heavy atom. The molecule has 19 heteroatoms. The van der Waals surface area contributed by atoms with Crippen LogP contribution < -0.4 is 37.5 Å². The van der Waals surface area contributed by atoms with Gasteiger partial charge in [0.1, 0.15) is 31.2 Å². The number of aliphatic hydroxyl groups excluding tert-OH is 1. The molecule has 5 amide bonds. The van der Waals surface area contributed by atoms with Crippen molar-refractivity contribution in [2.24, 2.45) is 40.1 Å². The van der Waals surface area contributed by atoms with Gasteiger partial charge in [-0.15, -0.1) is 0 Å². The Balaban J connectivity index is 0.940. The molecule has 69 heavy (non-hydrogen) atoms. The number of allylic oxidation sites excluding steroid dienone is 4. The molecule has 5 aliphatic rings. The molecule has 1 unspecified atom stereocenters. The van der Waals surface area contributed by atoms with E-state index in [9.17, 15) is 33.9 Å². The van der Waals surface area contributed by atoms with E-state index < -0.39 is 113 Å². The number of hydrogen-bond acceptors (Lipinski definition) is 12. The van der Waals surface area contributed by atoms with Gasteiger partial charge < -0.3 is 51.5 Å². The monoisotopic (exact) mass is 962 g/mol. The van der Waals surface area contributed by atoms with Crippen LogP contribution in [-0.2, 0) is 40.0 Å². The summed E-state index contributed by atoms with van der Waals surface area (Å²) < 4.78 is 58.3. The van der Waals surface area contributed by atoms with Gasteiger partial charge in [-0.25, -0.2) is 18.4 Å². The van der Waals surface area contributed by atoms with E-state index >= 15 is 8.78 Å². The van der Waals surface area contributed by atoms with E-state index in [0.29, 0.717) is 42.0 Å². The number of ether oxygens (including phenoxy) is 4. The standard InChI is InChI=1S/C50H64F2N6O11/c1-6-8-41-68-40-23-33-34-22-36(51)35-21-31(59)18-19-47(35,4)49(34,52)38(60)24-48(33,5)50(40,69-41)39(61)26-66-32-16-14-30(15-17-32)57-46(65)67-25-28-10-12-29(13-11-28)56-43(62)37(9-7-20-55-45(54)64)58-44(63)42(53)27(2)3/h10-19,21,27,33-34,36-38,40-42,60H,6-9,20,22-26,53H2,1-5H3,(H,56,62)(H,57,65)(H,58,63)(H3,54,55,64)/t33-,34-,36-,37-,38-,40+,41?,42-,47-,48-,49-,50+/m0/s1. The van der Waals surface area contributed by atoms with Crippen LogP contribution in [0.3, 0.4) is 0 Å². The molecule has 9 N–H and O–H groups in total. The first-order chi connectivity index (χ1) is 32.7. The number of Topliss-reactive ketones (excluding diaryl/α,β-unsaturated/α-hetero) is 1. The van der Waals surface area contributed by atoms with Gasteiger partial charge in [0.2, 0.25) is 17.6 Å². The Morgan fingerprint density at radius 2 is 1.65 bits per heavy atom. The molecule has 0 radical (unpaired) electrons. The molecule has 2 aromatic carbocycles. The highest BCUT2D eigenvalue weighted by Gasteiger charge is 2.80. The van der Waals surface area contributed by atoms with E-state index in [1.807, 2.05) is 6.92 Å². The molecule has 17 nitrogen and oxygen atoms in total. The fourth-order valence-corrected chi connectivity index (χ4v) is 11.4. The third-order valence-corrected chi connectivity index (χ3v) is 15.0. The van der Waals surface area contributed by atoms with E-state index in [4.69, 9.17) is 30.4 Å². The van der Waals surface area contributed by atoms with Crippen molar-refractivity contribution in [2.45, 2.75) is 134 Å². The van der Waals surface area contributed by atoms with Crippen LogP contribution in [0.4, 0.5) is 29.7 Å². The molecule has 0 aromatic heterocycles. The average molecular weight is 963 g/mol. The number of amides is 5. The van der Waals surface area contributed by atoms with E-state index in [1.165, 1.54) is 19.1 Å². The Hall–Kier alpha value is -5.76. The number of benzene rings is 2. The molecular weight excluding hydrogens is 899 g/mol. The number of nitrogens with one attached hydrogen (secondary N) is 4. The summed E-state index contributed by atoms with van der Waals surface area (Å²) in [5.74, 6) is -3.36. The largest absolute Gasteiger partial charge is 0.486 e. The second kappa shape index (κ2) is 20.3. The highest BCUT2D eigenvalue weighted by atomic mass is 19.1. The van der Waals surface area contributed by atoms with Crippen LogP contribution in [0.15, 0.2) is 72.3 Å². The minimum atomic E-state index is -2.33. The summed E-state index contributed by atoms with van der Waals surface area (Å²) in [5.41, 5.74) is 5.83. The number of ketones is 2. The number of carbonyl (C=O) groups is 6. The lowest BCUT2D eigenvalue weighted by Gasteiger charge is -2.63. The second-order valence-corrected chi connectivity index (χ2v) is 19.7. The number of fused-ring (bicyclic) bond motifs is 7. The van der Waals surface area contributed by atoms with Crippen LogP contribution in [0.1, 0.15) is 85.1 Å². The molecular formula is C50H64F2N6O11. The van der Waals surface area contributed by atoms with Crippen LogP contribution >= 0.6 is 0 Å². The number of nitrogens with two attached hydrogens (primary N) is 2. The summed E-state index contributed by atoms with van der Waals surface area (Å²) in [7, 11) is 0. The van der Waals surface area contributed by atoms with Gasteiger partial charge in [-0.2, -0.15) is 0 Å². The van der Waals surface area contributed by atoms with Gasteiger partial charge in [-0.05, 0) is 117 Å². The van der Waals surface area contributed by atoms with Crippen LogP contribution in [0.5, 0.6) is 5.75 Å². The first-order valence-electron chi connectivity index (χ1n) is 23.6. The first kappa shape index (κ1) is 51.1. The molecule has 2 aromatic rings. The third-order valence-electron chi connectivity index (χ3n) is 15.0. The summed E-state index contributed by atoms with van der Waals surface area (Å²) in [6.07, 6.45) is -0.273.